The smallest absolute Gasteiger partial charge is 0.0430 e. The third kappa shape index (κ3) is 3.55. The van der Waals surface area contributed by atoms with Crippen LogP contribution in [0, 0.1) is 6.92 Å². The number of nitrogens with one attached hydrogen (secondary N) is 1. The fraction of sp³-hybridized carbons (Fsp3) is 0.600. The molecule has 1 heterocycles. The minimum Gasteiger partial charge on any atom is -0.661 e. The van der Waals surface area contributed by atoms with Crippen LogP contribution < -0.4 is 5.32 Å². The van der Waals surface area contributed by atoms with Crippen molar-refractivity contribution in [1.29, 1.82) is 0 Å². The van der Waals surface area contributed by atoms with Crippen molar-refractivity contribution < 1.29 is 5.11 Å². The van der Waals surface area contributed by atoms with E-state index in [0.29, 0.717) is 6.04 Å². The first-order valence-corrected chi connectivity index (χ1v) is 6.86. The third-order valence-corrected chi connectivity index (χ3v) is 3.61. The zero-order valence-electron chi connectivity index (χ0n) is 11.2. The molecule has 0 saturated carbocycles. The van der Waals surface area contributed by atoms with Gasteiger partial charge in [-0.25, -0.2) is 0 Å². The van der Waals surface area contributed by atoms with Gasteiger partial charge in [0.1, 0.15) is 0 Å². The number of rotatable bonds is 6. The molecule has 1 aromatic carbocycles. The number of aliphatic hydroxyl groups is 1. The van der Waals surface area contributed by atoms with Gasteiger partial charge in [-0.15, -0.1) is 13.1 Å². The molecule has 0 spiro atoms. The second-order valence-electron chi connectivity index (χ2n) is 5.06. The number of nitrogens with zero attached hydrogens (tertiary/aromatic N) is 1. The van der Waals surface area contributed by atoms with Gasteiger partial charge in [0, 0.05) is 13.2 Å². The second-order valence-corrected chi connectivity index (χ2v) is 5.06. The number of hydrogen-bond acceptors (Lipinski definition) is 2. The van der Waals surface area contributed by atoms with Crippen molar-refractivity contribution in [2.45, 2.75) is 38.8 Å². The molecule has 100 valence electrons. The summed E-state index contributed by atoms with van der Waals surface area (Å²) >= 11 is 0. The van der Waals surface area contributed by atoms with Crippen molar-refractivity contribution in [3.05, 3.63) is 40.2 Å². The number of aryl methyl sites for hydroxylation is 1. The molecular weight excluding hydrogens is 224 g/mol. The van der Waals surface area contributed by atoms with Crippen molar-refractivity contribution in [3.63, 3.8) is 0 Å². The van der Waals surface area contributed by atoms with Gasteiger partial charge >= 0.3 is 0 Å². The Bertz CT molecular complexity index is 379. The highest BCUT2D eigenvalue weighted by atomic mass is 16.2. The Balaban J connectivity index is 1.79. The van der Waals surface area contributed by atoms with E-state index >= 15 is 0 Å². The van der Waals surface area contributed by atoms with Gasteiger partial charge in [0.15, 0.2) is 0 Å². The minimum absolute atomic E-state index is 0.282. The molecular formula is C15H23N2O-. The molecule has 0 radical (unpaired) electrons. The fourth-order valence-corrected chi connectivity index (χ4v) is 2.51. The summed E-state index contributed by atoms with van der Waals surface area (Å²) in [5.41, 5.74) is 4.35. The monoisotopic (exact) mass is 247 g/mol. The Hall–Kier alpha value is -0.900. The number of benzene rings is 1. The van der Waals surface area contributed by atoms with Gasteiger partial charge in [-0.1, -0.05) is 24.6 Å². The normalized spacial score (nSPS) is 18.7. The Morgan fingerprint density at radius 2 is 2.28 bits per heavy atom. The summed E-state index contributed by atoms with van der Waals surface area (Å²) in [4.78, 5) is 0. The lowest BCUT2D eigenvalue weighted by Gasteiger charge is -2.32. The Kier molecular flexibility index (Phi) is 5.17. The van der Waals surface area contributed by atoms with Gasteiger partial charge in [-0.3, -0.25) is 0 Å². The largest absolute Gasteiger partial charge is 0.661 e. The van der Waals surface area contributed by atoms with E-state index in [2.05, 4.69) is 35.8 Å². The van der Waals surface area contributed by atoms with Crippen LogP contribution in [-0.2, 0) is 13.0 Å². The van der Waals surface area contributed by atoms with Gasteiger partial charge in [0.05, 0.1) is 0 Å². The molecule has 2 N–H and O–H groups in total. The van der Waals surface area contributed by atoms with Crippen molar-refractivity contribution in [3.8, 4) is 0 Å². The van der Waals surface area contributed by atoms with Crippen molar-refractivity contribution in [1.82, 2.24) is 5.32 Å². The molecule has 0 fully saturated rings. The zero-order valence-corrected chi connectivity index (χ0v) is 11.2. The maximum atomic E-state index is 8.70. The predicted molar refractivity (Wildman–Crippen MR) is 74.9 cm³/mol. The molecule has 18 heavy (non-hydrogen) atoms. The molecule has 0 aliphatic carbocycles. The molecule has 0 bridgehead atoms. The first-order valence-electron chi connectivity index (χ1n) is 6.86. The molecule has 0 saturated heterocycles. The summed E-state index contributed by atoms with van der Waals surface area (Å²) in [6, 6.07) is 7.02. The molecule has 2 rings (SSSR count). The summed E-state index contributed by atoms with van der Waals surface area (Å²) in [7, 11) is 0. The average Bonchev–Trinajstić information content (AvgIpc) is 2.39. The summed E-state index contributed by atoms with van der Waals surface area (Å²) in [6.07, 6.45) is 2.95. The number of unbranched alkanes of at least 4 members (excludes halogenated alkanes) is 1. The highest BCUT2D eigenvalue weighted by Gasteiger charge is 2.16. The molecule has 1 aliphatic heterocycles. The third-order valence-electron chi connectivity index (χ3n) is 3.61. The van der Waals surface area contributed by atoms with Crippen molar-refractivity contribution in [2.24, 2.45) is 0 Å². The van der Waals surface area contributed by atoms with Crippen LogP contribution in [0.2, 0.25) is 0 Å². The molecule has 1 aromatic rings. The molecule has 0 amide bonds. The van der Waals surface area contributed by atoms with E-state index in [1.54, 1.807) is 0 Å². The highest BCUT2D eigenvalue weighted by Crippen LogP contribution is 2.20. The zero-order chi connectivity index (χ0) is 12.8. The maximum absolute atomic E-state index is 8.70. The Labute approximate surface area is 110 Å². The first-order chi connectivity index (χ1) is 8.81. The van der Waals surface area contributed by atoms with E-state index in [1.165, 1.54) is 16.7 Å². The van der Waals surface area contributed by atoms with Crippen LogP contribution in [0.15, 0.2) is 18.2 Å². The van der Waals surface area contributed by atoms with Crippen LogP contribution in [0.1, 0.15) is 29.5 Å². The maximum Gasteiger partial charge on any atom is 0.0430 e. The van der Waals surface area contributed by atoms with Crippen LogP contribution >= 0.6 is 0 Å². The standard InChI is InChI=1S/C15H23N2O/c1-12-5-4-6-13-10-17-14(9-15(12)13)11-16-7-2-3-8-18/h4-6,14,17-18H,2-3,7-11H2,1H3/q-1/t14-/m1/s1. The molecule has 0 aromatic heterocycles. The lowest BCUT2D eigenvalue weighted by Crippen LogP contribution is -2.38. The number of hydrogen-bond donors (Lipinski definition) is 2. The second kappa shape index (κ2) is 6.88. The topological polar surface area (TPSA) is 46.4 Å². The van der Waals surface area contributed by atoms with E-state index in [9.17, 15) is 0 Å². The SMILES string of the molecule is Cc1cccc2c1C[C@H](C[N-]CCCCO)NC2. The van der Waals surface area contributed by atoms with Gasteiger partial charge in [0.2, 0.25) is 0 Å². The summed E-state index contributed by atoms with van der Waals surface area (Å²) in [6.45, 7) is 5.20. The lowest BCUT2D eigenvalue weighted by atomic mass is 9.92. The highest BCUT2D eigenvalue weighted by molar-refractivity contribution is 5.36. The molecule has 3 nitrogen and oxygen atoms in total. The van der Waals surface area contributed by atoms with Gasteiger partial charge in [-0.2, -0.15) is 0 Å². The van der Waals surface area contributed by atoms with E-state index in [0.717, 1.165) is 38.9 Å². The summed E-state index contributed by atoms with van der Waals surface area (Å²) in [5.74, 6) is 0. The predicted octanol–water partition coefficient (Wildman–Crippen LogP) is 2.16. The van der Waals surface area contributed by atoms with Crippen LogP contribution in [0.3, 0.4) is 0 Å². The molecule has 3 heteroatoms. The van der Waals surface area contributed by atoms with Gasteiger partial charge in [0.25, 0.3) is 0 Å². The Morgan fingerprint density at radius 1 is 1.39 bits per heavy atom. The van der Waals surface area contributed by atoms with E-state index in [4.69, 9.17) is 5.11 Å². The molecule has 0 unspecified atom stereocenters. The number of fused-ring (bicyclic) bond motifs is 1. The Morgan fingerprint density at radius 3 is 3.11 bits per heavy atom. The minimum atomic E-state index is 0.282. The van der Waals surface area contributed by atoms with E-state index in [1.807, 2.05) is 0 Å². The van der Waals surface area contributed by atoms with Crippen LogP contribution in [0.25, 0.3) is 5.32 Å². The molecule has 1 aliphatic rings. The quantitative estimate of drug-likeness (QED) is 0.757. The fourth-order valence-electron chi connectivity index (χ4n) is 2.51. The van der Waals surface area contributed by atoms with Crippen LogP contribution in [0.5, 0.6) is 0 Å². The van der Waals surface area contributed by atoms with Gasteiger partial charge in [-0.05, 0) is 42.5 Å². The van der Waals surface area contributed by atoms with E-state index < -0.39 is 0 Å². The van der Waals surface area contributed by atoms with Crippen molar-refractivity contribution >= 4 is 0 Å². The molecule has 1 atom stereocenters. The van der Waals surface area contributed by atoms with Crippen LogP contribution in [0.4, 0.5) is 0 Å². The average molecular weight is 247 g/mol. The number of aliphatic hydroxyl groups excluding tert-OH is 1. The summed E-state index contributed by atoms with van der Waals surface area (Å²) < 4.78 is 0. The van der Waals surface area contributed by atoms with Crippen molar-refractivity contribution in [2.75, 3.05) is 19.7 Å². The first kappa shape index (κ1) is 13.5. The van der Waals surface area contributed by atoms with Crippen LogP contribution in [-0.4, -0.2) is 30.8 Å². The lowest BCUT2D eigenvalue weighted by molar-refractivity contribution is 0.286. The summed E-state index contributed by atoms with van der Waals surface area (Å²) in [5, 5.41) is 16.8. The van der Waals surface area contributed by atoms with E-state index in [-0.39, 0.29) is 6.61 Å². The van der Waals surface area contributed by atoms with Gasteiger partial charge < -0.3 is 15.7 Å².